The van der Waals surface area contributed by atoms with E-state index < -0.39 is 11.6 Å². The van der Waals surface area contributed by atoms with Crippen LogP contribution in [0.5, 0.6) is 0 Å². The summed E-state index contributed by atoms with van der Waals surface area (Å²) in [5.41, 5.74) is -0.220. The number of rotatable bonds is 1. The zero-order chi connectivity index (χ0) is 9.30. The lowest BCUT2D eigenvalue weighted by molar-refractivity contribution is 0.582. The number of halogens is 3. The van der Waals surface area contributed by atoms with E-state index in [1.165, 1.54) is 0 Å². The molecule has 0 heterocycles. The van der Waals surface area contributed by atoms with Gasteiger partial charge in [-0.15, -0.1) is 0 Å². The molecule has 0 radical (unpaired) electrons. The normalized spacial score (nSPS) is 12.3. The Morgan fingerprint density at radius 2 is 2.10 bits per heavy atom. The molecule has 0 aliphatic heterocycles. The minimum Gasteiger partial charge on any atom is -0.396 e. The van der Waals surface area contributed by atoms with Crippen molar-refractivity contribution in [1.29, 1.82) is 0 Å². The van der Waals surface area contributed by atoms with E-state index in [-0.39, 0.29) is 15.9 Å². The summed E-state index contributed by atoms with van der Waals surface area (Å²) in [7, 11) is 0. The quantitative estimate of drug-likeness (QED) is 0.558. The molecule has 0 atom stereocenters. The van der Waals surface area contributed by atoms with Gasteiger partial charge in [0.05, 0.1) is 10.2 Å². The number of nitrogen functional groups attached to an aromatic ring is 1. The lowest BCUT2D eigenvalue weighted by Crippen LogP contribution is -1.91. The first-order chi connectivity index (χ1) is 5.52. The maximum Gasteiger partial charge on any atom is 0.156 e. The molecule has 10 heavy (non-hydrogen) atoms. The van der Waals surface area contributed by atoms with Crippen LogP contribution >= 0.6 is 15.9 Å². The van der Waals surface area contributed by atoms with Gasteiger partial charge in [0.15, 0.2) is 2.82 Å². The van der Waals surface area contributed by atoms with Crippen molar-refractivity contribution in [2.24, 2.45) is 0 Å². The lowest BCUT2D eigenvalue weighted by atomic mass is 10.3. The van der Waals surface area contributed by atoms with Gasteiger partial charge in [-0.25, -0.2) is 8.78 Å². The van der Waals surface area contributed by atoms with Crippen LogP contribution in [0.15, 0.2) is 16.6 Å². The van der Waals surface area contributed by atoms with Crippen molar-refractivity contribution < 1.29 is 11.6 Å². The molecule has 1 rings (SSSR count). The zero-order valence-corrected chi connectivity index (χ0v) is 6.32. The van der Waals surface area contributed by atoms with Gasteiger partial charge in [0.2, 0.25) is 0 Å². The number of hydrogen-bond donors (Lipinski definition) is 1. The molecule has 0 fully saturated rings. The molecule has 1 aromatic rings. The summed E-state index contributed by atoms with van der Waals surface area (Å²) in [6, 6.07) is 1.65. The van der Waals surface area contributed by atoms with Crippen LogP contribution < -0.4 is 5.72 Å². The summed E-state index contributed by atoms with van der Waals surface area (Å²) >= 11 is 2.81. The van der Waals surface area contributed by atoms with Gasteiger partial charge in [-0.05, 0) is 22.0 Å². The molecule has 4 heteroatoms. The van der Waals surface area contributed by atoms with Crippen molar-refractivity contribution in [1.82, 2.24) is 0 Å². The molecule has 0 amide bonds. The van der Waals surface area contributed by atoms with Gasteiger partial charge in [0.25, 0.3) is 0 Å². The van der Waals surface area contributed by atoms with Crippen molar-refractivity contribution in [2.75, 3.05) is 5.72 Å². The van der Waals surface area contributed by atoms with Crippen LogP contribution in [0.3, 0.4) is 0 Å². The van der Waals surface area contributed by atoms with Crippen LogP contribution in [0, 0.1) is 11.6 Å². The Morgan fingerprint density at radius 1 is 1.40 bits per heavy atom. The third-order valence-corrected chi connectivity index (χ3v) is 1.60. The highest BCUT2D eigenvalue weighted by molar-refractivity contribution is 9.10. The topological polar surface area (TPSA) is 26.0 Å². The van der Waals surface area contributed by atoms with Crippen LogP contribution in [-0.2, 0) is 0 Å². The fourth-order valence-electron chi connectivity index (χ4n) is 0.512. The van der Waals surface area contributed by atoms with E-state index in [2.05, 4.69) is 15.9 Å². The Hall–Kier alpha value is -0.640. The summed E-state index contributed by atoms with van der Waals surface area (Å²) in [5, 5.41) is 0. The molecule has 54 valence electrons. The molecule has 0 spiro atoms. The molecule has 0 bridgehead atoms. The van der Waals surface area contributed by atoms with E-state index in [1.807, 2.05) is 0 Å². The second-order valence-corrected chi connectivity index (χ2v) is 2.57. The van der Waals surface area contributed by atoms with Crippen LogP contribution in [-0.4, -0.2) is 0 Å². The molecule has 2 N–H and O–H groups in total. The molecule has 0 aliphatic rings. The van der Waals surface area contributed by atoms with Crippen LogP contribution in [0.25, 0.3) is 0 Å². The third-order valence-electron chi connectivity index (χ3n) is 0.990. The first-order valence-electron chi connectivity index (χ1n) is 3.34. The number of benzene rings is 1. The Kier molecular flexibility index (Phi) is 1.29. The fraction of sp³-hybridized carbons (Fsp3) is 0. The van der Waals surface area contributed by atoms with E-state index in [0.29, 0.717) is 6.07 Å². The van der Waals surface area contributed by atoms with Gasteiger partial charge in [-0.1, -0.05) is 0 Å². The highest BCUT2D eigenvalue weighted by Gasteiger charge is 2.03. The largest absolute Gasteiger partial charge is 0.396 e. The highest BCUT2D eigenvalue weighted by atomic mass is 79.9. The molecule has 1 nitrogen and oxygen atoms in total. The van der Waals surface area contributed by atoms with Gasteiger partial charge >= 0.3 is 0 Å². The van der Waals surface area contributed by atoms with Crippen molar-refractivity contribution >= 4 is 21.6 Å². The summed E-state index contributed by atoms with van der Waals surface area (Å²) in [4.78, 5) is 0. The maximum atomic E-state index is 12.7. The summed E-state index contributed by atoms with van der Waals surface area (Å²) in [5.74, 6) is -1.68. The maximum absolute atomic E-state index is 12.7. The van der Waals surface area contributed by atoms with Gasteiger partial charge in [0.1, 0.15) is 11.6 Å². The van der Waals surface area contributed by atoms with Gasteiger partial charge < -0.3 is 5.72 Å². The minimum absolute atomic E-state index is 0.0309. The van der Waals surface area contributed by atoms with E-state index in [4.69, 9.17) is 2.82 Å². The zero-order valence-electron chi connectivity index (χ0n) is 6.74. The Balaban J connectivity index is 3.23. The average Bonchev–Trinajstić information content (AvgIpc) is 1.96. The Morgan fingerprint density at radius 3 is 2.70 bits per heavy atom. The molecule has 1 aromatic carbocycles. The van der Waals surface area contributed by atoms with E-state index in [9.17, 15) is 8.78 Å². The van der Waals surface area contributed by atoms with Crippen molar-refractivity contribution in [3.05, 3.63) is 28.2 Å². The van der Waals surface area contributed by atoms with Crippen molar-refractivity contribution in [3.63, 3.8) is 0 Å². The molecule has 0 aromatic heterocycles. The number of hydrogen-bond acceptors (Lipinski definition) is 1. The van der Waals surface area contributed by atoms with Crippen LogP contribution in [0.4, 0.5) is 14.5 Å². The average molecular weight is 210 g/mol. The standard InChI is InChI=1S/C6H4BrF2N/c7-3-1-6(10)5(9)2-4(3)8/h1-2H,10H2/i/hD2. The predicted octanol–water partition coefficient (Wildman–Crippen LogP) is 2.31. The minimum atomic E-state index is -0.930. The molecular weight excluding hydrogens is 204 g/mol. The van der Waals surface area contributed by atoms with Gasteiger partial charge in [-0.3, -0.25) is 0 Å². The molecule has 0 saturated heterocycles. The second kappa shape index (κ2) is 2.54. The first kappa shape index (κ1) is 5.07. The van der Waals surface area contributed by atoms with E-state index in [1.54, 1.807) is 0 Å². The summed E-state index contributed by atoms with van der Waals surface area (Å²) < 4.78 is 38.9. The second-order valence-electron chi connectivity index (χ2n) is 1.72. The molecule has 0 unspecified atom stereocenters. The molecule has 0 saturated carbocycles. The monoisotopic (exact) mass is 209 g/mol. The molecule has 0 aliphatic carbocycles. The third kappa shape index (κ3) is 1.26. The van der Waals surface area contributed by atoms with Crippen molar-refractivity contribution in [3.8, 4) is 0 Å². The SMILES string of the molecule is [2H]N([2H])c1cc(Br)c(F)cc1F. The van der Waals surface area contributed by atoms with Crippen LogP contribution in [0.1, 0.15) is 0 Å². The summed E-state index contributed by atoms with van der Waals surface area (Å²) in [6.07, 6.45) is 0. The Labute approximate surface area is 67.9 Å². The lowest BCUT2D eigenvalue weighted by Gasteiger charge is -1.97. The number of nitrogens with two attached hydrogens (primary N) is 1. The number of anilines is 1. The van der Waals surface area contributed by atoms with E-state index >= 15 is 0 Å². The highest BCUT2D eigenvalue weighted by Crippen LogP contribution is 2.20. The molecular formula is C6H4BrF2N. The fourth-order valence-corrected chi connectivity index (χ4v) is 0.843. The Bertz CT molecular complexity index is 306. The summed E-state index contributed by atoms with van der Waals surface area (Å²) in [6.45, 7) is 0. The van der Waals surface area contributed by atoms with Crippen LogP contribution in [0.2, 0.25) is 2.82 Å². The van der Waals surface area contributed by atoms with Gasteiger partial charge in [0, 0.05) is 6.07 Å². The van der Waals surface area contributed by atoms with Crippen molar-refractivity contribution in [2.45, 2.75) is 0 Å². The first-order valence-corrected chi connectivity index (χ1v) is 3.24. The van der Waals surface area contributed by atoms with E-state index in [0.717, 1.165) is 6.07 Å². The van der Waals surface area contributed by atoms with Gasteiger partial charge in [-0.2, -0.15) is 0 Å². The smallest absolute Gasteiger partial charge is 0.156 e. The predicted molar refractivity (Wildman–Crippen MR) is 38.5 cm³/mol.